The van der Waals surface area contributed by atoms with Gasteiger partial charge in [-0.05, 0) is 88.2 Å². The summed E-state index contributed by atoms with van der Waals surface area (Å²) in [7, 11) is 0. The maximum Gasteiger partial charge on any atom is 0.176 e. The Balaban J connectivity index is 1.15. The standard InChI is InChI=1S/C48H44N/c1-2-3-4-5-6-7-8-9-10-29-49-31-39(41-25-21-37-19-17-33-13-11-15-35-23-27-43(41)47(37)45(33)35)30-40(32-49)42-26-22-38-20-18-34-14-12-16-36-24-28-44(42)48(38)46(34)36/h11-28,30-32H,2-10,29H2,1H3/q+1. The maximum absolute atomic E-state index is 2.49. The Bertz CT molecular complexity index is 2380. The molecule has 0 bridgehead atoms. The van der Waals surface area contributed by atoms with Crippen molar-refractivity contribution in [2.45, 2.75) is 71.3 Å². The molecule has 0 spiro atoms. The lowest BCUT2D eigenvalue weighted by Gasteiger charge is -2.16. The Hall–Kier alpha value is -5.01. The van der Waals surface area contributed by atoms with Crippen LogP contribution >= 0.6 is 0 Å². The van der Waals surface area contributed by atoms with Gasteiger partial charge in [0.05, 0.1) is 0 Å². The maximum atomic E-state index is 2.49. The SMILES string of the molecule is CCCCCCCCCCC[n+]1cc(-c2ccc3ccc4cccc5ccc2c3c45)cc(-c2ccc3ccc4cccc5ccc2c3c45)c1. The fourth-order valence-corrected chi connectivity index (χ4v) is 8.64. The van der Waals surface area contributed by atoms with Crippen LogP contribution in [0.15, 0.2) is 128 Å². The van der Waals surface area contributed by atoms with Crippen LogP contribution < -0.4 is 4.57 Å². The lowest BCUT2D eigenvalue weighted by molar-refractivity contribution is -0.696. The third kappa shape index (κ3) is 5.37. The molecule has 0 N–H and O–H groups in total. The van der Waals surface area contributed by atoms with Crippen molar-refractivity contribution in [2.24, 2.45) is 0 Å². The summed E-state index contributed by atoms with van der Waals surface area (Å²) in [6.45, 7) is 3.33. The van der Waals surface area contributed by atoms with E-state index in [0.717, 1.165) is 6.54 Å². The van der Waals surface area contributed by atoms with E-state index >= 15 is 0 Å². The van der Waals surface area contributed by atoms with Crippen LogP contribution in [0.2, 0.25) is 0 Å². The summed E-state index contributed by atoms with van der Waals surface area (Å²) in [6.07, 6.45) is 16.9. The highest BCUT2D eigenvalue weighted by molar-refractivity contribution is 6.26. The van der Waals surface area contributed by atoms with Gasteiger partial charge >= 0.3 is 0 Å². The van der Waals surface area contributed by atoms with Crippen molar-refractivity contribution < 1.29 is 4.57 Å². The number of rotatable bonds is 12. The zero-order valence-corrected chi connectivity index (χ0v) is 28.6. The largest absolute Gasteiger partial charge is 0.204 e. The number of hydrogen-bond donors (Lipinski definition) is 0. The van der Waals surface area contributed by atoms with Gasteiger partial charge in [-0.3, -0.25) is 0 Å². The van der Waals surface area contributed by atoms with Crippen LogP contribution in [-0.4, -0.2) is 0 Å². The number of aromatic nitrogens is 1. The average molecular weight is 635 g/mol. The van der Waals surface area contributed by atoms with Gasteiger partial charge in [0.25, 0.3) is 0 Å². The van der Waals surface area contributed by atoms with Crippen LogP contribution in [0.3, 0.4) is 0 Å². The van der Waals surface area contributed by atoms with Crippen molar-refractivity contribution in [3.63, 3.8) is 0 Å². The Labute approximate surface area is 289 Å². The molecule has 1 heteroatoms. The van der Waals surface area contributed by atoms with Gasteiger partial charge in [0, 0.05) is 17.5 Å². The molecule has 0 saturated heterocycles. The number of pyridine rings is 1. The lowest BCUT2D eigenvalue weighted by atomic mass is 9.88. The van der Waals surface area contributed by atoms with Gasteiger partial charge in [-0.25, -0.2) is 4.57 Å². The lowest BCUT2D eigenvalue weighted by Crippen LogP contribution is -2.33. The first-order valence-corrected chi connectivity index (χ1v) is 18.6. The van der Waals surface area contributed by atoms with E-state index in [9.17, 15) is 0 Å². The second-order valence-electron chi connectivity index (χ2n) is 14.3. The third-order valence-corrected chi connectivity index (χ3v) is 11.1. The zero-order valence-electron chi connectivity index (χ0n) is 28.6. The first-order valence-electron chi connectivity index (χ1n) is 18.6. The molecule has 8 aromatic carbocycles. The third-order valence-electron chi connectivity index (χ3n) is 11.1. The normalized spacial score (nSPS) is 12.2. The molecule has 1 heterocycles. The molecule has 0 atom stereocenters. The molecule has 0 unspecified atom stereocenters. The van der Waals surface area contributed by atoms with E-state index in [-0.39, 0.29) is 0 Å². The first kappa shape index (κ1) is 30.1. The van der Waals surface area contributed by atoms with Gasteiger partial charge in [-0.2, -0.15) is 0 Å². The fourth-order valence-electron chi connectivity index (χ4n) is 8.64. The van der Waals surface area contributed by atoms with Crippen molar-refractivity contribution in [1.29, 1.82) is 0 Å². The van der Waals surface area contributed by atoms with Gasteiger partial charge in [-0.1, -0.05) is 161 Å². The molecule has 0 aliphatic carbocycles. The summed E-state index contributed by atoms with van der Waals surface area (Å²) in [5.41, 5.74) is 5.20. The Kier molecular flexibility index (Phi) is 7.85. The fraction of sp³-hybridized carbons (Fsp3) is 0.229. The van der Waals surface area contributed by atoms with Crippen LogP contribution in [0.1, 0.15) is 64.7 Å². The van der Waals surface area contributed by atoms with Crippen molar-refractivity contribution in [2.75, 3.05) is 0 Å². The molecule has 1 aromatic heterocycles. The van der Waals surface area contributed by atoms with Gasteiger partial charge < -0.3 is 0 Å². The molecule has 49 heavy (non-hydrogen) atoms. The summed E-state index contributed by atoms with van der Waals surface area (Å²) < 4.78 is 2.49. The number of nitrogens with zero attached hydrogens (tertiary/aromatic N) is 1. The van der Waals surface area contributed by atoms with Crippen LogP contribution in [0.4, 0.5) is 0 Å². The molecule has 0 fully saturated rings. The summed E-state index contributed by atoms with van der Waals surface area (Å²) in [5, 5.41) is 16.1. The molecule has 0 amide bonds. The topological polar surface area (TPSA) is 3.88 Å². The van der Waals surface area contributed by atoms with Crippen LogP contribution in [0.5, 0.6) is 0 Å². The van der Waals surface area contributed by atoms with Gasteiger partial charge in [0.1, 0.15) is 6.54 Å². The number of benzene rings is 8. The predicted octanol–water partition coefficient (Wildman–Crippen LogP) is 13.6. The van der Waals surface area contributed by atoms with Gasteiger partial charge in [-0.15, -0.1) is 0 Å². The van der Waals surface area contributed by atoms with E-state index < -0.39 is 0 Å². The highest BCUT2D eigenvalue weighted by Crippen LogP contribution is 2.42. The molecule has 9 rings (SSSR count). The summed E-state index contributed by atoms with van der Waals surface area (Å²) in [4.78, 5) is 0. The molecule has 0 saturated carbocycles. The van der Waals surface area contributed by atoms with E-state index in [4.69, 9.17) is 0 Å². The minimum absolute atomic E-state index is 1.04. The molecular weight excluding hydrogens is 591 g/mol. The average Bonchev–Trinajstić information content (AvgIpc) is 3.15. The zero-order chi connectivity index (χ0) is 32.7. The van der Waals surface area contributed by atoms with E-state index in [0.29, 0.717) is 0 Å². The number of aryl methyl sites for hydroxylation is 1. The summed E-state index contributed by atoms with van der Waals surface area (Å²) in [5.74, 6) is 0. The van der Waals surface area contributed by atoms with E-state index in [1.54, 1.807) is 0 Å². The van der Waals surface area contributed by atoms with E-state index in [2.05, 4.69) is 139 Å². The second kappa shape index (κ2) is 12.8. The van der Waals surface area contributed by atoms with Crippen LogP contribution in [0, 0.1) is 0 Å². The number of hydrogen-bond acceptors (Lipinski definition) is 0. The summed E-state index contributed by atoms with van der Waals surface area (Å²) in [6, 6.07) is 43.7. The highest BCUT2D eigenvalue weighted by atomic mass is 14.9. The predicted molar refractivity (Wildman–Crippen MR) is 212 cm³/mol. The minimum atomic E-state index is 1.04. The molecule has 0 aliphatic heterocycles. The molecule has 9 aromatic rings. The van der Waals surface area contributed by atoms with E-state index in [1.165, 1.54) is 145 Å². The van der Waals surface area contributed by atoms with Crippen molar-refractivity contribution in [3.8, 4) is 22.3 Å². The van der Waals surface area contributed by atoms with Crippen molar-refractivity contribution >= 4 is 64.6 Å². The Morgan fingerprint density at radius 3 is 1.24 bits per heavy atom. The Morgan fingerprint density at radius 1 is 0.388 bits per heavy atom. The molecule has 1 nitrogen and oxygen atoms in total. The smallest absolute Gasteiger partial charge is 0.176 e. The van der Waals surface area contributed by atoms with Crippen molar-refractivity contribution in [3.05, 3.63) is 128 Å². The Morgan fingerprint density at radius 2 is 0.776 bits per heavy atom. The highest BCUT2D eigenvalue weighted by Gasteiger charge is 2.18. The number of unbranched alkanes of at least 4 members (excludes halogenated alkanes) is 8. The van der Waals surface area contributed by atoms with E-state index in [1.807, 2.05) is 0 Å². The molecule has 240 valence electrons. The first-order chi connectivity index (χ1) is 24.3. The quantitative estimate of drug-likeness (QED) is 0.0715. The minimum Gasteiger partial charge on any atom is -0.204 e. The summed E-state index contributed by atoms with van der Waals surface area (Å²) >= 11 is 0. The van der Waals surface area contributed by atoms with Gasteiger partial charge in [0.2, 0.25) is 0 Å². The van der Waals surface area contributed by atoms with Crippen LogP contribution in [-0.2, 0) is 6.54 Å². The second-order valence-corrected chi connectivity index (χ2v) is 14.3. The molecule has 0 aliphatic rings. The monoisotopic (exact) mass is 634 g/mol. The van der Waals surface area contributed by atoms with Crippen molar-refractivity contribution in [1.82, 2.24) is 0 Å². The van der Waals surface area contributed by atoms with Crippen LogP contribution in [0.25, 0.3) is 86.9 Å². The van der Waals surface area contributed by atoms with Gasteiger partial charge in [0.15, 0.2) is 12.4 Å². The molecule has 0 radical (unpaired) electrons. The molecular formula is C48H44N+.